The summed E-state index contributed by atoms with van der Waals surface area (Å²) in [5.74, 6) is 0.833. The predicted octanol–water partition coefficient (Wildman–Crippen LogP) is 2.71. The third kappa shape index (κ3) is 2.74. The van der Waals surface area contributed by atoms with Gasteiger partial charge >= 0.3 is 0 Å². The maximum atomic E-state index is 11.5. The molecular formula is C19H27NO3. The largest absolute Gasteiger partial charge is 0.497 e. The Bertz CT molecular complexity index is 600. The highest BCUT2D eigenvalue weighted by atomic mass is 16.5. The highest BCUT2D eigenvalue weighted by Gasteiger charge is 2.54. The van der Waals surface area contributed by atoms with Crippen molar-refractivity contribution < 1.29 is 14.6 Å². The Morgan fingerprint density at radius 3 is 2.83 bits per heavy atom. The average Bonchev–Trinajstić information content (AvgIpc) is 2.54. The number of methoxy groups -OCH3 is 1. The molecule has 1 aromatic carbocycles. The van der Waals surface area contributed by atoms with Crippen LogP contribution >= 0.6 is 0 Å². The maximum absolute atomic E-state index is 11.5. The van der Waals surface area contributed by atoms with E-state index in [9.17, 15) is 9.90 Å². The molecule has 0 aliphatic heterocycles. The minimum Gasteiger partial charge on any atom is -0.497 e. The van der Waals surface area contributed by atoms with Crippen molar-refractivity contribution in [2.45, 2.75) is 62.9 Å². The van der Waals surface area contributed by atoms with Crippen LogP contribution in [-0.2, 0) is 16.6 Å². The predicted molar refractivity (Wildman–Crippen MR) is 89.7 cm³/mol. The summed E-state index contributed by atoms with van der Waals surface area (Å²) in [4.78, 5) is 11.3. The smallest absolute Gasteiger partial charge is 0.216 e. The number of carbonyl (C=O) groups excluding carboxylic acids is 1. The molecule has 2 aliphatic carbocycles. The number of amides is 1. The number of hydrogen-bond acceptors (Lipinski definition) is 3. The lowest BCUT2D eigenvalue weighted by Crippen LogP contribution is -2.57. The summed E-state index contributed by atoms with van der Waals surface area (Å²) in [6.45, 7) is 2.15. The molecule has 1 saturated carbocycles. The molecule has 0 saturated heterocycles. The zero-order valence-corrected chi connectivity index (χ0v) is 14.2. The lowest BCUT2D eigenvalue weighted by atomic mass is 9.53. The molecule has 0 heterocycles. The molecule has 0 spiro atoms. The lowest BCUT2D eigenvalue weighted by Gasteiger charge is -2.55. The Morgan fingerprint density at radius 1 is 1.30 bits per heavy atom. The molecule has 3 rings (SSSR count). The second kappa shape index (κ2) is 6.16. The van der Waals surface area contributed by atoms with Crippen LogP contribution in [0.1, 0.15) is 56.6 Å². The first-order valence-corrected chi connectivity index (χ1v) is 8.65. The molecule has 2 atom stereocenters. The van der Waals surface area contributed by atoms with E-state index in [1.165, 1.54) is 11.1 Å². The number of carbonyl (C=O) groups is 1. The average molecular weight is 317 g/mol. The number of hydrogen-bond donors (Lipinski definition) is 2. The van der Waals surface area contributed by atoms with Gasteiger partial charge in [-0.3, -0.25) is 4.79 Å². The third-order valence-electron chi connectivity index (χ3n) is 5.90. The van der Waals surface area contributed by atoms with E-state index >= 15 is 0 Å². The van der Waals surface area contributed by atoms with Gasteiger partial charge in [0.05, 0.1) is 12.7 Å². The molecule has 23 heavy (non-hydrogen) atoms. The second-order valence-corrected chi connectivity index (χ2v) is 7.08. The van der Waals surface area contributed by atoms with E-state index in [-0.39, 0.29) is 11.3 Å². The van der Waals surface area contributed by atoms with Gasteiger partial charge in [0.2, 0.25) is 5.91 Å². The molecule has 1 amide bonds. The number of nitrogens with one attached hydrogen (secondary N) is 1. The molecule has 2 aliphatic rings. The summed E-state index contributed by atoms with van der Waals surface area (Å²) in [6, 6.07) is 6.26. The Labute approximate surface area is 138 Å². The molecule has 4 nitrogen and oxygen atoms in total. The minimum absolute atomic E-state index is 0.0116. The van der Waals surface area contributed by atoms with E-state index in [2.05, 4.69) is 17.4 Å². The van der Waals surface area contributed by atoms with E-state index in [4.69, 9.17) is 4.74 Å². The fraction of sp³-hybridized carbons (Fsp3) is 0.632. The minimum atomic E-state index is -0.664. The van der Waals surface area contributed by atoms with Crippen LogP contribution in [-0.4, -0.2) is 30.3 Å². The Morgan fingerprint density at radius 2 is 2.09 bits per heavy atom. The van der Waals surface area contributed by atoms with Crippen molar-refractivity contribution in [1.82, 2.24) is 5.32 Å². The van der Waals surface area contributed by atoms with Crippen molar-refractivity contribution >= 4 is 5.91 Å². The number of benzene rings is 1. The molecule has 1 fully saturated rings. The molecule has 1 aromatic rings. The highest BCUT2D eigenvalue weighted by molar-refractivity contribution is 5.72. The van der Waals surface area contributed by atoms with Crippen molar-refractivity contribution in [3.63, 3.8) is 0 Å². The zero-order chi connectivity index (χ0) is 16.5. The standard InChI is InChI=1S/C19H27NO3/c1-14(21)20-12-11-18-8-3-4-9-19(18,22)10-7-15-5-6-16(23-2)13-17(15)18/h5-6,13,22H,3-4,7-12H2,1-2H3,(H,20,21)/t18-,19+/m0/s1. The van der Waals surface area contributed by atoms with Crippen LogP contribution in [0.3, 0.4) is 0 Å². The van der Waals surface area contributed by atoms with Gasteiger partial charge in [0, 0.05) is 18.9 Å². The van der Waals surface area contributed by atoms with Gasteiger partial charge in [0.15, 0.2) is 0 Å². The van der Waals surface area contributed by atoms with Gasteiger partial charge in [-0.05, 0) is 55.4 Å². The number of ether oxygens (including phenoxy) is 1. The molecule has 0 bridgehead atoms. The number of aryl methyl sites for hydroxylation is 1. The molecule has 0 aromatic heterocycles. The van der Waals surface area contributed by atoms with E-state index < -0.39 is 5.60 Å². The lowest BCUT2D eigenvalue weighted by molar-refractivity contribution is -0.119. The van der Waals surface area contributed by atoms with Gasteiger partial charge in [-0.2, -0.15) is 0 Å². The maximum Gasteiger partial charge on any atom is 0.216 e. The Kier molecular flexibility index (Phi) is 4.37. The van der Waals surface area contributed by atoms with Crippen LogP contribution in [0.2, 0.25) is 0 Å². The first-order chi connectivity index (χ1) is 11.0. The zero-order valence-electron chi connectivity index (χ0n) is 14.2. The van der Waals surface area contributed by atoms with Gasteiger partial charge < -0.3 is 15.2 Å². The normalized spacial score (nSPS) is 29.3. The molecule has 2 N–H and O–H groups in total. The molecule has 126 valence electrons. The fourth-order valence-corrected chi connectivity index (χ4v) is 4.70. The van der Waals surface area contributed by atoms with Gasteiger partial charge in [-0.15, -0.1) is 0 Å². The van der Waals surface area contributed by atoms with Gasteiger partial charge in [0.25, 0.3) is 0 Å². The van der Waals surface area contributed by atoms with Crippen molar-refractivity contribution in [3.05, 3.63) is 29.3 Å². The quantitative estimate of drug-likeness (QED) is 0.897. The number of rotatable bonds is 4. The van der Waals surface area contributed by atoms with Gasteiger partial charge in [-0.25, -0.2) is 0 Å². The molecule has 4 heteroatoms. The second-order valence-electron chi connectivity index (χ2n) is 7.08. The van der Waals surface area contributed by atoms with E-state index in [0.29, 0.717) is 6.54 Å². The number of aliphatic hydroxyl groups is 1. The van der Waals surface area contributed by atoms with Crippen molar-refractivity contribution in [2.24, 2.45) is 0 Å². The monoisotopic (exact) mass is 317 g/mol. The van der Waals surface area contributed by atoms with Crippen LogP contribution in [0, 0.1) is 0 Å². The number of fused-ring (bicyclic) bond motifs is 3. The first-order valence-electron chi connectivity index (χ1n) is 8.65. The summed E-state index contributed by atoms with van der Waals surface area (Å²) >= 11 is 0. The highest BCUT2D eigenvalue weighted by Crippen LogP contribution is 2.55. The van der Waals surface area contributed by atoms with Crippen molar-refractivity contribution in [3.8, 4) is 5.75 Å². The van der Waals surface area contributed by atoms with Crippen LogP contribution in [0.5, 0.6) is 5.75 Å². The third-order valence-corrected chi connectivity index (χ3v) is 5.90. The van der Waals surface area contributed by atoms with Gasteiger partial charge in [-0.1, -0.05) is 18.9 Å². The summed E-state index contributed by atoms with van der Waals surface area (Å²) in [5.41, 5.74) is 1.62. The summed E-state index contributed by atoms with van der Waals surface area (Å²) in [6.07, 6.45) is 6.54. The van der Waals surface area contributed by atoms with Crippen LogP contribution in [0.25, 0.3) is 0 Å². The van der Waals surface area contributed by atoms with Crippen LogP contribution < -0.4 is 10.1 Å². The fourth-order valence-electron chi connectivity index (χ4n) is 4.70. The van der Waals surface area contributed by atoms with E-state index in [1.54, 1.807) is 14.0 Å². The summed E-state index contributed by atoms with van der Waals surface area (Å²) < 4.78 is 5.43. The van der Waals surface area contributed by atoms with Crippen LogP contribution in [0.15, 0.2) is 18.2 Å². The first kappa shape index (κ1) is 16.3. The van der Waals surface area contributed by atoms with Crippen molar-refractivity contribution in [2.75, 3.05) is 13.7 Å². The summed E-state index contributed by atoms with van der Waals surface area (Å²) in [7, 11) is 1.68. The Balaban J connectivity index is 2.03. The SMILES string of the molecule is COc1ccc2c(c1)[C@@]1(CCNC(C)=O)CCCC[C@@]1(O)CC2. The molecule has 0 radical (unpaired) electrons. The van der Waals surface area contributed by atoms with E-state index in [0.717, 1.165) is 50.7 Å². The summed E-state index contributed by atoms with van der Waals surface area (Å²) in [5, 5.41) is 14.4. The molecular weight excluding hydrogens is 290 g/mol. The van der Waals surface area contributed by atoms with Crippen LogP contribution in [0.4, 0.5) is 0 Å². The topological polar surface area (TPSA) is 58.6 Å². The van der Waals surface area contributed by atoms with Crippen molar-refractivity contribution in [1.29, 1.82) is 0 Å². The molecule has 0 unspecified atom stereocenters. The Hall–Kier alpha value is -1.55. The van der Waals surface area contributed by atoms with Gasteiger partial charge in [0.1, 0.15) is 5.75 Å². The van der Waals surface area contributed by atoms with E-state index in [1.807, 2.05) is 6.07 Å².